The van der Waals surface area contributed by atoms with Crippen LogP contribution in [-0.2, 0) is 6.54 Å². The van der Waals surface area contributed by atoms with Crippen LogP contribution in [0.5, 0.6) is 0 Å². The molecule has 3 aromatic rings. The molecule has 1 aromatic heterocycles. The number of nitrogens with one attached hydrogen (secondary N) is 1. The van der Waals surface area contributed by atoms with E-state index in [-0.39, 0.29) is 17.0 Å². The quantitative estimate of drug-likeness (QED) is 0.405. The lowest BCUT2D eigenvalue weighted by atomic mass is 10.1. The van der Waals surface area contributed by atoms with Crippen LogP contribution in [0.3, 0.4) is 0 Å². The molecule has 7 heteroatoms. The molecule has 0 saturated carbocycles. The number of rotatable bonds is 8. The Hall–Kier alpha value is -1.54. The first-order valence-electron chi connectivity index (χ1n) is 9.73. The predicted octanol–water partition coefficient (Wildman–Crippen LogP) is 4.46. The molecule has 4 rings (SSSR count). The molecule has 1 aliphatic rings. The Labute approximate surface area is 181 Å². The van der Waals surface area contributed by atoms with Crippen molar-refractivity contribution in [2.75, 3.05) is 38.0 Å². The largest absolute Gasteiger partial charge is 0.383 e. The third-order valence-electron chi connectivity index (χ3n) is 5.21. The van der Waals surface area contributed by atoms with E-state index < -0.39 is 0 Å². The summed E-state index contributed by atoms with van der Waals surface area (Å²) in [7, 11) is 0. The minimum absolute atomic E-state index is 0. The van der Waals surface area contributed by atoms with Crippen molar-refractivity contribution in [3.63, 3.8) is 0 Å². The van der Waals surface area contributed by atoms with Gasteiger partial charge in [-0.1, -0.05) is 43.8 Å². The normalized spacial score (nSPS) is 12.1. The summed E-state index contributed by atoms with van der Waals surface area (Å²) in [5.74, 6) is 0. The summed E-state index contributed by atoms with van der Waals surface area (Å²) in [6, 6.07) is 12.9. The average molecular weight is 462 g/mol. The van der Waals surface area contributed by atoms with Gasteiger partial charge in [-0.05, 0) is 31.3 Å². The first-order chi connectivity index (χ1) is 13.3. The van der Waals surface area contributed by atoms with Crippen LogP contribution in [0.15, 0.2) is 46.2 Å². The molecule has 0 amide bonds. The molecule has 0 aliphatic carbocycles. The van der Waals surface area contributed by atoms with Crippen LogP contribution in [0.2, 0.25) is 0 Å². The maximum Gasteiger partial charge on any atom is 0.103 e. The van der Waals surface area contributed by atoms with E-state index in [1.807, 2.05) is 11.8 Å². The van der Waals surface area contributed by atoms with E-state index in [0.717, 1.165) is 44.1 Å². The van der Waals surface area contributed by atoms with Crippen molar-refractivity contribution in [3.8, 4) is 11.3 Å². The second-order valence-corrected chi connectivity index (χ2v) is 7.80. The number of nitrogens with two attached hydrogens (primary N) is 1. The van der Waals surface area contributed by atoms with Crippen LogP contribution in [0.4, 0.5) is 5.69 Å². The standard InChI is InChI=1S/C21H27N5S.BrH/c1-3-25(4-2)13-14-26-17-10-9-16(23-12-11-22)21-19(17)20(24-26)15-7-5-6-8-18(15)27-21;/h5-10,23H,3-4,11-14,22H2,1-2H3;1H. The van der Waals surface area contributed by atoms with Crippen molar-refractivity contribution in [2.45, 2.75) is 30.2 Å². The van der Waals surface area contributed by atoms with Gasteiger partial charge in [-0.3, -0.25) is 4.68 Å². The van der Waals surface area contributed by atoms with Gasteiger partial charge in [0.2, 0.25) is 0 Å². The van der Waals surface area contributed by atoms with Gasteiger partial charge in [0, 0.05) is 46.1 Å². The maximum atomic E-state index is 5.71. The molecule has 1 aliphatic heterocycles. The summed E-state index contributed by atoms with van der Waals surface area (Å²) in [5.41, 5.74) is 10.4. The van der Waals surface area contributed by atoms with Crippen molar-refractivity contribution >= 4 is 45.3 Å². The highest BCUT2D eigenvalue weighted by molar-refractivity contribution is 8.93. The monoisotopic (exact) mass is 461 g/mol. The number of likely N-dealkylation sites (N-methyl/N-ethyl adjacent to an activating group) is 1. The second kappa shape index (κ2) is 9.31. The molecule has 0 saturated heterocycles. The minimum Gasteiger partial charge on any atom is -0.383 e. The van der Waals surface area contributed by atoms with E-state index in [9.17, 15) is 0 Å². The molecule has 28 heavy (non-hydrogen) atoms. The Morgan fingerprint density at radius 1 is 1.14 bits per heavy atom. The molecule has 0 bridgehead atoms. The maximum absolute atomic E-state index is 5.71. The van der Waals surface area contributed by atoms with Gasteiger partial charge in [0.15, 0.2) is 0 Å². The van der Waals surface area contributed by atoms with Gasteiger partial charge in [0.25, 0.3) is 0 Å². The highest BCUT2D eigenvalue weighted by Gasteiger charge is 2.25. The second-order valence-electron chi connectivity index (χ2n) is 6.75. The molecular formula is C21H28BrN5S. The van der Waals surface area contributed by atoms with Gasteiger partial charge in [-0.2, -0.15) is 5.10 Å². The number of hydrogen-bond acceptors (Lipinski definition) is 5. The fraction of sp³-hybridized carbons (Fsp3) is 0.381. The summed E-state index contributed by atoms with van der Waals surface area (Å²) in [6.45, 7) is 9.87. The Kier molecular flexibility index (Phi) is 7.04. The molecule has 2 heterocycles. The lowest BCUT2D eigenvalue weighted by Crippen LogP contribution is -2.27. The SMILES string of the molecule is Br.CCN(CC)CCn1nc2c3c(c(NCCN)ccc31)Sc1ccccc1-2. The molecule has 0 radical (unpaired) electrons. The van der Waals surface area contributed by atoms with Gasteiger partial charge in [-0.15, -0.1) is 17.0 Å². The van der Waals surface area contributed by atoms with Gasteiger partial charge < -0.3 is 16.0 Å². The van der Waals surface area contributed by atoms with Crippen LogP contribution < -0.4 is 11.1 Å². The molecular weight excluding hydrogens is 434 g/mol. The molecule has 0 spiro atoms. The zero-order chi connectivity index (χ0) is 18.8. The Morgan fingerprint density at radius 3 is 2.68 bits per heavy atom. The first kappa shape index (κ1) is 21.2. The van der Waals surface area contributed by atoms with Gasteiger partial charge in [0.05, 0.1) is 12.1 Å². The third kappa shape index (κ3) is 3.81. The number of benzene rings is 2. The third-order valence-corrected chi connectivity index (χ3v) is 6.41. The lowest BCUT2D eigenvalue weighted by Gasteiger charge is -2.19. The molecule has 3 N–H and O–H groups in total. The van der Waals surface area contributed by atoms with Crippen molar-refractivity contribution in [1.29, 1.82) is 0 Å². The average Bonchev–Trinajstić information content (AvgIpc) is 3.08. The predicted molar refractivity (Wildman–Crippen MR) is 125 cm³/mol. The molecule has 5 nitrogen and oxygen atoms in total. The summed E-state index contributed by atoms with van der Waals surface area (Å²) >= 11 is 1.83. The van der Waals surface area contributed by atoms with Gasteiger partial charge >= 0.3 is 0 Å². The van der Waals surface area contributed by atoms with E-state index in [2.05, 4.69) is 65.1 Å². The van der Waals surface area contributed by atoms with Crippen molar-refractivity contribution in [2.24, 2.45) is 5.73 Å². The highest BCUT2D eigenvalue weighted by atomic mass is 79.9. The fourth-order valence-electron chi connectivity index (χ4n) is 3.69. The number of fused-ring (bicyclic) bond motifs is 2. The van der Waals surface area contributed by atoms with Crippen LogP contribution in [0.1, 0.15) is 13.8 Å². The molecule has 0 unspecified atom stereocenters. The van der Waals surface area contributed by atoms with Crippen LogP contribution in [0.25, 0.3) is 22.2 Å². The van der Waals surface area contributed by atoms with E-state index in [0.29, 0.717) is 6.54 Å². The van der Waals surface area contributed by atoms with Crippen LogP contribution >= 0.6 is 28.7 Å². The first-order valence-corrected chi connectivity index (χ1v) is 10.6. The number of anilines is 1. The molecule has 0 fully saturated rings. The van der Waals surface area contributed by atoms with Gasteiger partial charge in [0.1, 0.15) is 5.69 Å². The van der Waals surface area contributed by atoms with Crippen molar-refractivity contribution < 1.29 is 0 Å². The van der Waals surface area contributed by atoms with Gasteiger partial charge in [-0.25, -0.2) is 0 Å². The Morgan fingerprint density at radius 2 is 1.93 bits per heavy atom. The number of aromatic nitrogens is 2. The minimum atomic E-state index is 0. The van der Waals surface area contributed by atoms with E-state index >= 15 is 0 Å². The number of nitrogens with zero attached hydrogens (tertiary/aromatic N) is 3. The smallest absolute Gasteiger partial charge is 0.103 e. The Bertz CT molecular complexity index is 951. The number of halogens is 1. The zero-order valence-corrected chi connectivity index (χ0v) is 19.0. The van der Waals surface area contributed by atoms with E-state index in [1.54, 1.807) is 0 Å². The zero-order valence-electron chi connectivity index (χ0n) is 16.4. The van der Waals surface area contributed by atoms with Crippen LogP contribution in [-0.4, -0.2) is 47.4 Å². The molecule has 0 atom stereocenters. The lowest BCUT2D eigenvalue weighted by molar-refractivity contribution is 0.287. The van der Waals surface area contributed by atoms with Crippen LogP contribution in [0, 0.1) is 0 Å². The molecule has 2 aromatic carbocycles. The fourth-order valence-corrected chi connectivity index (χ4v) is 4.88. The summed E-state index contributed by atoms with van der Waals surface area (Å²) in [6.07, 6.45) is 0. The van der Waals surface area contributed by atoms with Crippen molar-refractivity contribution in [3.05, 3.63) is 36.4 Å². The highest BCUT2D eigenvalue weighted by Crippen LogP contribution is 2.50. The topological polar surface area (TPSA) is 59.1 Å². The Balaban J connectivity index is 0.00000225. The summed E-state index contributed by atoms with van der Waals surface area (Å²) in [4.78, 5) is 4.97. The summed E-state index contributed by atoms with van der Waals surface area (Å²) in [5, 5.41) is 9.80. The summed E-state index contributed by atoms with van der Waals surface area (Å²) < 4.78 is 2.18. The molecule has 150 valence electrons. The van der Waals surface area contributed by atoms with E-state index in [4.69, 9.17) is 10.8 Å². The van der Waals surface area contributed by atoms with E-state index in [1.165, 1.54) is 26.3 Å². The van der Waals surface area contributed by atoms with Crippen molar-refractivity contribution in [1.82, 2.24) is 14.7 Å². The number of hydrogen-bond donors (Lipinski definition) is 2.